The van der Waals surface area contributed by atoms with Gasteiger partial charge < -0.3 is 24.0 Å². The molecule has 200 valence electrons. The molecule has 1 amide bonds. The van der Waals surface area contributed by atoms with Crippen LogP contribution in [0.4, 0.5) is 0 Å². The Bertz CT molecular complexity index is 879. The Labute approximate surface area is 218 Å². The number of benzene rings is 1. The quantitative estimate of drug-likeness (QED) is 0.370. The topological polar surface area (TPSA) is 68.3 Å². The molecule has 2 heterocycles. The molecule has 3 unspecified atom stereocenters. The molecular formula is C28H43N2O5P. The molecule has 0 bridgehead atoms. The van der Waals surface area contributed by atoms with Crippen LogP contribution in [0.5, 0.6) is 5.75 Å². The van der Waals surface area contributed by atoms with Crippen LogP contribution in [0.15, 0.2) is 18.2 Å². The minimum absolute atomic E-state index is 0.0677. The number of carbonyl (C=O) groups excluding carboxylic acids is 2. The van der Waals surface area contributed by atoms with Gasteiger partial charge in [-0.2, -0.15) is 0 Å². The number of morpholine rings is 1. The standard InChI is InChI=1S/C23H35N2O3P.C5H8O2/c1-24-7-4-17(5-8-24)21-14-18(21)6-11-28-20-3-2-19(22(29)16-20)15-23(26)25-9-12-27-13-10-25;1-5(2-3-5)7-4-6/h2-3,16-18,21H,4-15,29H2,1H3;4H,2-3H2,1H3. The number of hydrogen-bond acceptors (Lipinski definition) is 6. The molecule has 1 aromatic carbocycles. The van der Waals surface area contributed by atoms with Crippen LogP contribution in [0.1, 0.15) is 51.0 Å². The minimum atomic E-state index is -0.0677. The van der Waals surface area contributed by atoms with Crippen LogP contribution in [-0.4, -0.2) is 80.8 Å². The van der Waals surface area contributed by atoms with Crippen molar-refractivity contribution in [3.05, 3.63) is 23.8 Å². The third kappa shape index (κ3) is 8.16. The molecule has 0 aromatic heterocycles. The molecule has 0 spiro atoms. The van der Waals surface area contributed by atoms with E-state index in [0.29, 0.717) is 39.2 Å². The van der Waals surface area contributed by atoms with Gasteiger partial charge in [-0.15, -0.1) is 9.24 Å². The van der Waals surface area contributed by atoms with Gasteiger partial charge in [0, 0.05) is 13.1 Å². The molecule has 3 atom stereocenters. The first kappa shape index (κ1) is 27.3. The second kappa shape index (κ2) is 12.7. The molecule has 2 saturated carbocycles. The van der Waals surface area contributed by atoms with Crippen molar-refractivity contribution in [3.63, 3.8) is 0 Å². The summed E-state index contributed by atoms with van der Waals surface area (Å²) >= 11 is 0. The van der Waals surface area contributed by atoms with Gasteiger partial charge in [0.05, 0.1) is 26.2 Å². The van der Waals surface area contributed by atoms with Crippen LogP contribution in [0.3, 0.4) is 0 Å². The molecule has 2 aliphatic heterocycles. The van der Waals surface area contributed by atoms with Crippen molar-refractivity contribution in [1.29, 1.82) is 0 Å². The van der Waals surface area contributed by atoms with E-state index in [9.17, 15) is 9.59 Å². The molecule has 2 aliphatic carbocycles. The van der Waals surface area contributed by atoms with Gasteiger partial charge in [0.25, 0.3) is 6.47 Å². The van der Waals surface area contributed by atoms with Crippen molar-refractivity contribution in [3.8, 4) is 5.75 Å². The second-order valence-corrected chi connectivity index (χ2v) is 11.8. The van der Waals surface area contributed by atoms with E-state index in [1.54, 1.807) is 0 Å². The van der Waals surface area contributed by atoms with Gasteiger partial charge >= 0.3 is 0 Å². The average molecular weight is 519 g/mol. The molecular weight excluding hydrogens is 475 g/mol. The highest BCUT2D eigenvalue weighted by Gasteiger charge is 2.42. The number of ether oxygens (including phenoxy) is 3. The summed E-state index contributed by atoms with van der Waals surface area (Å²) in [6.45, 7) is 8.47. The zero-order chi connectivity index (χ0) is 25.5. The zero-order valence-electron chi connectivity index (χ0n) is 22.0. The Morgan fingerprint density at radius 2 is 1.92 bits per heavy atom. The van der Waals surface area contributed by atoms with Crippen molar-refractivity contribution in [2.45, 2.75) is 57.5 Å². The molecule has 4 fully saturated rings. The van der Waals surface area contributed by atoms with Crippen molar-refractivity contribution >= 4 is 26.9 Å². The summed E-state index contributed by atoms with van der Waals surface area (Å²) in [6.07, 6.45) is 7.83. The Kier molecular flexibility index (Phi) is 9.65. The number of nitrogens with zero attached hydrogens (tertiary/aromatic N) is 2. The van der Waals surface area contributed by atoms with E-state index in [1.165, 1.54) is 38.8 Å². The van der Waals surface area contributed by atoms with E-state index in [1.807, 2.05) is 30.0 Å². The van der Waals surface area contributed by atoms with Crippen LogP contribution < -0.4 is 10.0 Å². The highest BCUT2D eigenvalue weighted by molar-refractivity contribution is 7.27. The number of piperidine rings is 1. The van der Waals surface area contributed by atoms with E-state index >= 15 is 0 Å². The zero-order valence-corrected chi connectivity index (χ0v) is 23.1. The number of amides is 1. The first-order valence-electron chi connectivity index (χ1n) is 13.5. The molecule has 36 heavy (non-hydrogen) atoms. The fraction of sp³-hybridized carbons (Fsp3) is 0.714. The molecule has 7 nitrogen and oxygen atoms in total. The lowest BCUT2D eigenvalue weighted by Crippen LogP contribution is -2.41. The summed E-state index contributed by atoms with van der Waals surface area (Å²) < 4.78 is 16.0. The number of likely N-dealkylation sites (tertiary alicyclic amines) is 1. The molecule has 8 heteroatoms. The Morgan fingerprint density at radius 3 is 2.53 bits per heavy atom. The first-order valence-corrected chi connectivity index (χ1v) is 14.1. The maximum Gasteiger partial charge on any atom is 0.293 e. The maximum atomic E-state index is 12.5. The summed E-state index contributed by atoms with van der Waals surface area (Å²) in [5.74, 6) is 3.84. The van der Waals surface area contributed by atoms with Gasteiger partial charge in [-0.1, -0.05) is 6.07 Å². The third-order valence-electron chi connectivity index (χ3n) is 8.21. The summed E-state index contributed by atoms with van der Waals surface area (Å²) in [4.78, 5) is 26.5. The summed E-state index contributed by atoms with van der Waals surface area (Å²) in [5.41, 5.74) is 0.991. The lowest BCUT2D eigenvalue weighted by Gasteiger charge is -2.29. The lowest BCUT2D eigenvalue weighted by molar-refractivity contribution is -0.135. The van der Waals surface area contributed by atoms with Crippen LogP contribution in [0, 0.1) is 17.8 Å². The van der Waals surface area contributed by atoms with Gasteiger partial charge in [-0.25, -0.2) is 0 Å². The van der Waals surface area contributed by atoms with Gasteiger partial charge in [0.1, 0.15) is 11.4 Å². The molecule has 0 N–H and O–H groups in total. The number of rotatable bonds is 9. The average Bonchev–Trinajstić information content (AvgIpc) is 3.80. The minimum Gasteiger partial charge on any atom is -0.494 e. The van der Waals surface area contributed by atoms with Crippen molar-refractivity contribution in [1.82, 2.24) is 9.80 Å². The molecule has 2 saturated heterocycles. The van der Waals surface area contributed by atoms with Crippen molar-refractivity contribution in [2.24, 2.45) is 17.8 Å². The third-order valence-corrected chi connectivity index (χ3v) is 8.75. The van der Waals surface area contributed by atoms with E-state index in [0.717, 1.165) is 53.8 Å². The second-order valence-electron chi connectivity index (χ2n) is 11.1. The van der Waals surface area contributed by atoms with Crippen molar-refractivity contribution < 1.29 is 23.8 Å². The highest BCUT2D eigenvalue weighted by atomic mass is 31.0. The molecule has 1 aromatic rings. The smallest absolute Gasteiger partial charge is 0.293 e. The van der Waals surface area contributed by atoms with Gasteiger partial charge in [0.15, 0.2) is 0 Å². The van der Waals surface area contributed by atoms with Gasteiger partial charge in [0.2, 0.25) is 5.91 Å². The molecule has 4 aliphatic rings. The number of hydrogen-bond donors (Lipinski definition) is 0. The first-order chi connectivity index (χ1) is 17.4. The van der Waals surface area contributed by atoms with Crippen LogP contribution >= 0.6 is 9.24 Å². The Morgan fingerprint density at radius 1 is 1.19 bits per heavy atom. The summed E-state index contributed by atoms with van der Waals surface area (Å²) in [5, 5.41) is 1.06. The van der Waals surface area contributed by atoms with Gasteiger partial charge in [-0.05, 0) is 106 Å². The monoisotopic (exact) mass is 518 g/mol. The van der Waals surface area contributed by atoms with Crippen LogP contribution in [-0.2, 0) is 25.5 Å². The van der Waals surface area contributed by atoms with Crippen LogP contribution in [0.2, 0.25) is 0 Å². The van der Waals surface area contributed by atoms with Crippen LogP contribution in [0.25, 0.3) is 0 Å². The van der Waals surface area contributed by atoms with Gasteiger partial charge in [-0.3, -0.25) is 9.59 Å². The molecule has 0 radical (unpaired) electrons. The largest absolute Gasteiger partial charge is 0.494 e. The fourth-order valence-corrected chi connectivity index (χ4v) is 5.65. The van der Waals surface area contributed by atoms with E-state index < -0.39 is 0 Å². The summed E-state index contributed by atoms with van der Waals surface area (Å²) in [7, 11) is 5.00. The number of carbonyl (C=O) groups is 2. The predicted octanol–water partition coefficient (Wildman–Crippen LogP) is 3.05. The predicted molar refractivity (Wildman–Crippen MR) is 144 cm³/mol. The lowest BCUT2D eigenvalue weighted by atomic mass is 9.91. The summed E-state index contributed by atoms with van der Waals surface area (Å²) in [6, 6.07) is 6.10. The highest BCUT2D eigenvalue weighted by Crippen LogP contribution is 2.49. The normalized spacial score (nSPS) is 25.4. The maximum absolute atomic E-state index is 12.5. The SMILES string of the molecule is CC1(OC=O)CC1.CN1CCC(C2CC2CCOc2ccc(CC(=O)N3CCOCC3)c(P)c2)CC1. The van der Waals surface area contributed by atoms with E-state index in [-0.39, 0.29) is 11.5 Å². The Balaban J connectivity index is 0.000000375. The van der Waals surface area contributed by atoms with E-state index in [2.05, 4.69) is 25.9 Å². The Hall–Kier alpha value is -1.69. The van der Waals surface area contributed by atoms with E-state index in [4.69, 9.17) is 9.47 Å². The molecule has 5 rings (SSSR count). The van der Waals surface area contributed by atoms with Crippen molar-refractivity contribution in [2.75, 3.05) is 53.0 Å². The fourth-order valence-electron chi connectivity index (χ4n) is 5.29.